The van der Waals surface area contributed by atoms with E-state index in [1.807, 2.05) is 20.8 Å². The minimum absolute atomic E-state index is 0.0623. The third kappa shape index (κ3) is 5.76. The Morgan fingerprint density at radius 1 is 1.13 bits per heavy atom. The molecule has 1 rings (SSSR count). The molecule has 1 aliphatic heterocycles. The SMILES string of the molecule is CC(C)(C)OC(=O)N1C[C@H](CO)[C@@H](CO[Si](C)(C)C(C)(C)C)C1. The monoisotopic (exact) mass is 345 g/mol. The summed E-state index contributed by atoms with van der Waals surface area (Å²) in [4.78, 5) is 13.9. The van der Waals surface area contributed by atoms with Gasteiger partial charge in [-0.3, -0.25) is 0 Å². The van der Waals surface area contributed by atoms with Crippen molar-refractivity contribution in [2.24, 2.45) is 11.8 Å². The number of likely N-dealkylation sites (tertiary alicyclic amines) is 1. The first-order valence-electron chi connectivity index (χ1n) is 8.49. The molecule has 0 aromatic heterocycles. The highest BCUT2D eigenvalue weighted by molar-refractivity contribution is 6.74. The van der Waals surface area contributed by atoms with Crippen molar-refractivity contribution >= 4 is 14.4 Å². The summed E-state index contributed by atoms with van der Waals surface area (Å²) in [5.41, 5.74) is -0.498. The van der Waals surface area contributed by atoms with Crippen LogP contribution in [0.5, 0.6) is 0 Å². The van der Waals surface area contributed by atoms with E-state index in [1.54, 1.807) is 4.90 Å². The van der Waals surface area contributed by atoms with Crippen molar-refractivity contribution in [3.8, 4) is 0 Å². The first kappa shape index (κ1) is 20.5. The van der Waals surface area contributed by atoms with Crippen LogP contribution in [0.15, 0.2) is 0 Å². The maximum absolute atomic E-state index is 12.2. The molecule has 6 heteroatoms. The zero-order valence-corrected chi connectivity index (χ0v) is 17.1. The average molecular weight is 346 g/mol. The predicted octanol–water partition coefficient (Wildman–Crippen LogP) is 3.48. The molecule has 0 bridgehead atoms. The number of nitrogens with zero attached hydrogens (tertiary/aromatic N) is 1. The van der Waals surface area contributed by atoms with Gasteiger partial charge in [-0.1, -0.05) is 20.8 Å². The maximum Gasteiger partial charge on any atom is 0.410 e. The van der Waals surface area contributed by atoms with Gasteiger partial charge in [0.1, 0.15) is 5.60 Å². The Morgan fingerprint density at radius 2 is 1.65 bits per heavy atom. The van der Waals surface area contributed by atoms with Gasteiger partial charge < -0.3 is 19.2 Å². The number of amides is 1. The van der Waals surface area contributed by atoms with Crippen molar-refractivity contribution in [3.63, 3.8) is 0 Å². The van der Waals surface area contributed by atoms with Crippen molar-refractivity contribution in [2.75, 3.05) is 26.3 Å². The number of hydrogen-bond acceptors (Lipinski definition) is 4. The van der Waals surface area contributed by atoms with Crippen molar-refractivity contribution < 1.29 is 19.1 Å². The number of carbonyl (C=O) groups excluding carboxylic acids is 1. The molecule has 1 heterocycles. The van der Waals surface area contributed by atoms with Crippen molar-refractivity contribution in [1.82, 2.24) is 4.90 Å². The molecule has 1 saturated heterocycles. The van der Waals surface area contributed by atoms with E-state index in [9.17, 15) is 9.90 Å². The van der Waals surface area contributed by atoms with Crippen LogP contribution >= 0.6 is 0 Å². The Labute approximate surface area is 142 Å². The molecule has 1 aliphatic rings. The Balaban J connectivity index is 2.65. The van der Waals surface area contributed by atoms with Gasteiger partial charge in [-0.05, 0) is 38.9 Å². The second-order valence-corrected chi connectivity index (χ2v) is 14.0. The lowest BCUT2D eigenvalue weighted by atomic mass is 9.98. The van der Waals surface area contributed by atoms with Crippen molar-refractivity contribution in [2.45, 2.75) is 65.3 Å². The highest BCUT2D eigenvalue weighted by atomic mass is 28.4. The normalized spacial score (nSPS) is 23.3. The Bertz CT molecular complexity index is 412. The summed E-state index contributed by atoms with van der Waals surface area (Å²) >= 11 is 0. The lowest BCUT2D eigenvalue weighted by molar-refractivity contribution is 0.0279. The van der Waals surface area contributed by atoms with Crippen LogP contribution in [0.1, 0.15) is 41.5 Å². The molecule has 23 heavy (non-hydrogen) atoms. The minimum Gasteiger partial charge on any atom is -0.444 e. The second kappa shape index (κ2) is 7.11. The average Bonchev–Trinajstić information content (AvgIpc) is 2.76. The summed E-state index contributed by atoms with van der Waals surface area (Å²) in [6, 6.07) is 0. The Kier molecular flexibility index (Phi) is 6.32. The van der Waals surface area contributed by atoms with Gasteiger partial charge >= 0.3 is 6.09 Å². The van der Waals surface area contributed by atoms with E-state index in [-0.39, 0.29) is 29.6 Å². The third-order valence-electron chi connectivity index (χ3n) is 4.93. The van der Waals surface area contributed by atoms with E-state index in [4.69, 9.17) is 9.16 Å². The summed E-state index contributed by atoms with van der Waals surface area (Å²) in [5, 5.41) is 9.79. The fraction of sp³-hybridized carbons (Fsp3) is 0.941. The number of ether oxygens (including phenoxy) is 1. The van der Waals surface area contributed by atoms with Crippen LogP contribution in [0.25, 0.3) is 0 Å². The van der Waals surface area contributed by atoms with Crippen LogP contribution < -0.4 is 0 Å². The Hall–Kier alpha value is -0.593. The summed E-state index contributed by atoms with van der Waals surface area (Å²) in [5.74, 6) is 0.230. The van der Waals surface area contributed by atoms with Gasteiger partial charge in [0.15, 0.2) is 8.32 Å². The molecule has 136 valence electrons. The van der Waals surface area contributed by atoms with Crippen LogP contribution in [0.3, 0.4) is 0 Å². The number of hydrogen-bond donors (Lipinski definition) is 1. The largest absolute Gasteiger partial charge is 0.444 e. The lowest BCUT2D eigenvalue weighted by Gasteiger charge is -2.37. The molecular weight excluding hydrogens is 310 g/mol. The molecular formula is C17H35NO4Si. The molecule has 0 radical (unpaired) electrons. The minimum atomic E-state index is -1.82. The molecule has 1 N–H and O–H groups in total. The van der Waals surface area contributed by atoms with E-state index in [2.05, 4.69) is 33.9 Å². The fourth-order valence-electron chi connectivity index (χ4n) is 2.34. The molecule has 0 spiro atoms. The molecule has 0 unspecified atom stereocenters. The standard InChI is InChI=1S/C17H35NO4Si/c1-16(2,3)22-15(20)18-9-13(11-19)14(10-18)12-21-23(7,8)17(4,5)6/h13-14,19H,9-12H2,1-8H3/t13-,14-/m1/s1. The molecule has 0 aromatic carbocycles. The van der Waals surface area contributed by atoms with E-state index in [1.165, 1.54) is 0 Å². The number of rotatable bonds is 4. The highest BCUT2D eigenvalue weighted by Crippen LogP contribution is 2.37. The number of carbonyl (C=O) groups is 1. The van der Waals surface area contributed by atoms with E-state index >= 15 is 0 Å². The zero-order chi connectivity index (χ0) is 18.1. The van der Waals surface area contributed by atoms with Gasteiger partial charge in [-0.2, -0.15) is 0 Å². The fourth-order valence-corrected chi connectivity index (χ4v) is 3.41. The van der Waals surface area contributed by atoms with Crippen LogP contribution in [-0.4, -0.2) is 56.3 Å². The predicted molar refractivity (Wildman–Crippen MR) is 95.0 cm³/mol. The Morgan fingerprint density at radius 3 is 2.09 bits per heavy atom. The van der Waals surface area contributed by atoms with Crippen molar-refractivity contribution in [3.05, 3.63) is 0 Å². The lowest BCUT2D eigenvalue weighted by Crippen LogP contribution is -2.43. The van der Waals surface area contributed by atoms with Crippen LogP contribution in [0, 0.1) is 11.8 Å². The van der Waals surface area contributed by atoms with Crippen LogP contribution in [0.2, 0.25) is 18.1 Å². The number of aliphatic hydroxyl groups is 1. The van der Waals surface area contributed by atoms with Crippen molar-refractivity contribution in [1.29, 1.82) is 0 Å². The maximum atomic E-state index is 12.2. The quantitative estimate of drug-likeness (QED) is 0.793. The van der Waals surface area contributed by atoms with E-state index in [0.717, 1.165) is 0 Å². The van der Waals surface area contributed by atoms with E-state index < -0.39 is 13.9 Å². The molecule has 0 aliphatic carbocycles. The second-order valence-electron chi connectivity index (χ2n) is 9.16. The van der Waals surface area contributed by atoms with Crippen LogP contribution in [-0.2, 0) is 9.16 Å². The smallest absolute Gasteiger partial charge is 0.410 e. The van der Waals surface area contributed by atoms with E-state index in [0.29, 0.717) is 19.7 Å². The first-order chi connectivity index (χ1) is 10.3. The van der Waals surface area contributed by atoms with Gasteiger partial charge in [0.05, 0.1) is 0 Å². The molecule has 0 saturated carbocycles. The molecule has 0 aromatic rings. The van der Waals surface area contributed by atoms with Gasteiger partial charge in [-0.15, -0.1) is 0 Å². The number of aliphatic hydroxyl groups excluding tert-OH is 1. The first-order valence-corrected chi connectivity index (χ1v) is 11.4. The summed E-state index contributed by atoms with van der Waals surface area (Å²) in [7, 11) is -1.82. The topological polar surface area (TPSA) is 59.0 Å². The van der Waals surface area contributed by atoms with Gasteiger partial charge in [0.2, 0.25) is 0 Å². The third-order valence-corrected chi connectivity index (χ3v) is 9.43. The van der Waals surface area contributed by atoms with Gasteiger partial charge in [0.25, 0.3) is 0 Å². The van der Waals surface area contributed by atoms with Gasteiger partial charge in [0, 0.05) is 38.1 Å². The summed E-state index contributed by atoms with van der Waals surface area (Å²) in [6.07, 6.45) is -0.300. The summed E-state index contributed by atoms with van der Waals surface area (Å²) in [6.45, 7) is 18.5. The van der Waals surface area contributed by atoms with Crippen LogP contribution in [0.4, 0.5) is 4.79 Å². The zero-order valence-electron chi connectivity index (χ0n) is 16.1. The van der Waals surface area contributed by atoms with Gasteiger partial charge in [-0.25, -0.2) is 4.79 Å². The highest BCUT2D eigenvalue weighted by Gasteiger charge is 2.41. The molecule has 2 atom stereocenters. The summed E-state index contributed by atoms with van der Waals surface area (Å²) < 4.78 is 11.7. The molecule has 1 fully saturated rings. The molecule has 5 nitrogen and oxygen atoms in total. The molecule has 1 amide bonds.